The van der Waals surface area contributed by atoms with E-state index in [0.29, 0.717) is 26.1 Å². The summed E-state index contributed by atoms with van der Waals surface area (Å²) in [5, 5.41) is 1.14. The van der Waals surface area contributed by atoms with Crippen LogP contribution in [0.5, 0.6) is 0 Å². The Balaban J connectivity index is 1.69. The predicted octanol–water partition coefficient (Wildman–Crippen LogP) is 3.01. The second-order valence-electron chi connectivity index (χ2n) is 7.89. The van der Waals surface area contributed by atoms with Crippen LogP contribution in [0.15, 0.2) is 30.3 Å². The van der Waals surface area contributed by atoms with E-state index in [4.69, 9.17) is 0 Å². The topological polar surface area (TPSA) is 62.6 Å². The number of carbonyl (C=O) groups excluding carboxylic acids is 1. The lowest BCUT2D eigenvalue weighted by atomic mass is 9.97. The summed E-state index contributed by atoms with van der Waals surface area (Å²) >= 11 is 0. The monoisotopic (exact) mass is 415 g/mol. The average molecular weight is 416 g/mol. The lowest BCUT2D eigenvalue weighted by molar-refractivity contribution is -0.130. The van der Waals surface area contributed by atoms with Crippen LogP contribution < -0.4 is 0 Å². The molecule has 1 aromatic carbocycles. The van der Waals surface area contributed by atoms with Gasteiger partial charge in [0.15, 0.2) is 0 Å². The standard InChI is InChI=1S/C22H29N3O3S/c1-3-29(27,28)24-14-10-18(11-15-24)22-17(2)25(20-9-5-4-8-19(20)22)16-21(26)23-12-6-7-13-23/h4-5,8-10H,3,6-7,11-16H2,1-2H3. The molecule has 3 heterocycles. The van der Waals surface area contributed by atoms with E-state index in [1.165, 1.54) is 5.57 Å². The number of fused-ring (bicyclic) bond motifs is 1. The summed E-state index contributed by atoms with van der Waals surface area (Å²) in [5.41, 5.74) is 4.48. The number of hydrogen-bond donors (Lipinski definition) is 0. The normalized spacial score (nSPS) is 18.4. The van der Waals surface area contributed by atoms with Gasteiger partial charge in [0, 0.05) is 48.3 Å². The third-order valence-corrected chi connectivity index (χ3v) is 8.08. The van der Waals surface area contributed by atoms with Crippen molar-refractivity contribution in [1.82, 2.24) is 13.8 Å². The lowest BCUT2D eigenvalue weighted by Gasteiger charge is -2.25. The molecule has 4 rings (SSSR count). The van der Waals surface area contributed by atoms with Crippen LogP contribution in [0.3, 0.4) is 0 Å². The van der Waals surface area contributed by atoms with Gasteiger partial charge in [-0.2, -0.15) is 4.31 Å². The van der Waals surface area contributed by atoms with Crippen molar-refractivity contribution in [3.05, 3.63) is 41.6 Å². The number of likely N-dealkylation sites (tertiary alicyclic amines) is 1. The quantitative estimate of drug-likeness (QED) is 0.754. The molecular formula is C22H29N3O3S. The Kier molecular flexibility index (Phi) is 5.53. The van der Waals surface area contributed by atoms with Gasteiger partial charge in [-0.05, 0) is 44.7 Å². The van der Waals surface area contributed by atoms with Crippen molar-refractivity contribution in [1.29, 1.82) is 0 Å². The molecule has 29 heavy (non-hydrogen) atoms. The van der Waals surface area contributed by atoms with E-state index in [0.717, 1.165) is 48.1 Å². The summed E-state index contributed by atoms with van der Waals surface area (Å²) in [6, 6.07) is 8.20. The zero-order chi connectivity index (χ0) is 20.6. The van der Waals surface area contributed by atoms with E-state index < -0.39 is 10.0 Å². The van der Waals surface area contributed by atoms with Crippen molar-refractivity contribution in [2.75, 3.05) is 31.9 Å². The van der Waals surface area contributed by atoms with Crippen LogP contribution in [-0.4, -0.2) is 60.0 Å². The number of hydrogen-bond acceptors (Lipinski definition) is 3. The lowest BCUT2D eigenvalue weighted by Crippen LogP contribution is -2.35. The summed E-state index contributed by atoms with van der Waals surface area (Å²) in [6.45, 7) is 6.75. The Hall–Kier alpha value is -2.12. The third kappa shape index (κ3) is 3.73. The highest BCUT2D eigenvalue weighted by atomic mass is 32.2. The van der Waals surface area contributed by atoms with Crippen LogP contribution in [0.2, 0.25) is 0 Å². The number of benzene rings is 1. The van der Waals surface area contributed by atoms with Crippen molar-refractivity contribution in [3.63, 3.8) is 0 Å². The first-order valence-corrected chi connectivity index (χ1v) is 12.1. The van der Waals surface area contributed by atoms with E-state index >= 15 is 0 Å². The zero-order valence-corrected chi connectivity index (χ0v) is 18.0. The maximum Gasteiger partial charge on any atom is 0.242 e. The van der Waals surface area contributed by atoms with Crippen molar-refractivity contribution in [2.45, 2.75) is 39.7 Å². The summed E-state index contributed by atoms with van der Waals surface area (Å²) in [5.74, 6) is 0.309. The highest BCUT2D eigenvalue weighted by Gasteiger charge is 2.26. The molecule has 0 atom stereocenters. The van der Waals surface area contributed by atoms with E-state index in [-0.39, 0.29) is 11.7 Å². The number of nitrogens with zero attached hydrogens (tertiary/aromatic N) is 3. The van der Waals surface area contributed by atoms with Gasteiger partial charge >= 0.3 is 0 Å². The number of aromatic nitrogens is 1. The van der Waals surface area contributed by atoms with Gasteiger partial charge in [-0.25, -0.2) is 8.42 Å². The molecule has 1 amide bonds. The van der Waals surface area contributed by atoms with Crippen LogP contribution in [0.1, 0.15) is 37.4 Å². The molecule has 0 N–H and O–H groups in total. The van der Waals surface area contributed by atoms with E-state index in [2.05, 4.69) is 23.6 Å². The molecule has 1 fully saturated rings. The van der Waals surface area contributed by atoms with Crippen molar-refractivity contribution in [2.24, 2.45) is 0 Å². The van der Waals surface area contributed by atoms with Gasteiger partial charge in [-0.15, -0.1) is 0 Å². The van der Waals surface area contributed by atoms with Gasteiger partial charge in [0.2, 0.25) is 15.9 Å². The molecular weight excluding hydrogens is 386 g/mol. The Morgan fingerprint density at radius 3 is 2.48 bits per heavy atom. The van der Waals surface area contributed by atoms with Crippen LogP contribution in [-0.2, 0) is 21.4 Å². The second kappa shape index (κ2) is 7.95. The van der Waals surface area contributed by atoms with Gasteiger partial charge in [0.25, 0.3) is 0 Å². The van der Waals surface area contributed by atoms with Gasteiger partial charge in [0.1, 0.15) is 6.54 Å². The first-order chi connectivity index (χ1) is 13.9. The SMILES string of the molecule is CCS(=O)(=O)N1CC=C(c2c(C)n(CC(=O)N3CCCC3)c3ccccc23)CC1. The number of carbonyl (C=O) groups is 1. The zero-order valence-electron chi connectivity index (χ0n) is 17.2. The molecule has 2 aliphatic rings. The maximum absolute atomic E-state index is 12.8. The van der Waals surface area contributed by atoms with Crippen molar-refractivity contribution in [3.8, 4) is 0 Å². The molecule has 6 nitrogen and oxygen atoms in total. The smallest absolute Gasteiger partial charge is 0.242 e. The number of para-hydroxylation sites is 1. The second-order valence-corrected chi connectivity index (χ2v) is 10.1. The average Bonchev–Trinajstić information content (AvgIpc) is 3.36. The summed E-state index contributed by atoms with van der Waals surface area (Å²) in [6.07, 6.45) is 4.91. The summed E-state index contributed by atoms with van der Waals surface area (Å²) in [4.78, 5) is 14.8. The Bertz CT molecular complexity index is 1060. The highest BCUT2D eigenvalue weighted by molar-refractivity contribution is 7.89. The van der Waals surface area contributed by atoms with Crippen LogP contribution in [0.25, 0.3) is 16.5 Å². The molecule has 0 unspecified atom stereocenters. The Labute approximate surface area is 172 Å². The van der Waals surface area contributed by atoms with Gasteiger partial charge in [-0.3, -0.25) is 4.79 Å². The minimum Gasteiger partial charge on any atom is -0.341 e. The Morgan fingerprint density at radius 1 is 1.10 bits per heavy atom. The summed E-state index contributed by atoms with van der Waals surface area (Å²) < 4.78 is 28.0. The first-order valence-electron chi connectivity index (χ1n) is 10.4. The van der Waals surface area contributed by atoms with E-state index in [9.17, 15) is 13.2 Å². The number of rotatable bonds is 5. The van der Waals surface area contributed by atoms with Crippen molar-refractivity contribution < 1.29 is 13.2 Å². The van der Waals surface area contributed by atoms with Gasteiger partial charge in [0.05, 0.1) is 5.75 Å². The molecule has 2 aromatic rings. The van der Waals surface area contributed by atoms with Crippen LogP contribution in [0.4, 0.5) is 0 Å². The highest BCUT2D eigenvalue weighted by Crippen LogP contribution is 2.35. The molecule has 0 radical (unpaired) electrons. The fraction of sp³-hybridized carbons (Fsp3) is 0.500. The van der Waals surface area contributed by atoms with Gasteiger partial charge in [-0.1, -0.05) is 24.3 Å². The van der Waals surface area contributed by atoms with Crippen LogP contribution in [0, 0.1) is 6.92 Å². The fourth-order valence-electron chi connectivity index (χ4n) is 4.55. The van der Waals surface area contributed by atoms with Gasteiger partial charge < -0.3 is 9.47 Å². The fourth-order valence-corrected chi connectivity index (χ4v) is 5.59. The molecule has 0 bridgehead atoms. The Morgan fingerprint density at radius 2 is 1.83 bits per heavy atom. The van der Waals surface area contributed by atoms with E-state index in [1.54, 1.807) is 11.2 Å². The van der Waals surface area contributed by atoms with Crippen LogP contribution >= 0.6 is 0 Å². The minimum atomic E-state index is -3.17. The number of amides is 1. The third-order valence-electron chi connectivity index (χ3n) is 6.23. The van der Waals surface area contributed by atoms with Crippen molar-refractivity contribution >= 4 is 32.4 Å². The predicted molar refractivity (Wildman–Crippen MR) is 116 cm³/mol. The maximum atomic E-state index is 12.8. The first kappa shape index (κ1) is 20.2. The molecule has 1 saturated heterocycles. The summed E-state index contributed by atoms with van der Waals surface area (Å²) in [7, 11) is -3.17. The molecule has 2 aliphatic heterocycles. The molecule has 0 saturated carbocycles. The molecule has 0 spiro atoms. The largest absolute Gasteiger partial charge is 0.341 e. The number of sulfonamides is 1. The van der Waals surface area contributed by atoms with E-state index in [1.807, 2.05) is 23.1 Å². The minimum absolute atomic E-state index is 0.132. The molecule has 0 aliphatic carbocycles. The molecule has 1 aromatic heterocycles. The molecule has 156 valence electrons. The molecule has 7 heteroatoms.